The van der Waals surface area contributed by atoms with Crippen LogP contribution in [0.25, 0.3) is 0 Å². The monoisotopic (exact) mass is 202 g/mol. The fraction of sp³-hybridized carbons (Fsp3) is 0.667. The summed E-state index contributed by atoms with van der Waals surface area (Å²) in [6, 6.07) is 0. The summed E-state index contributed by atoms with van der Waals surface area (Å²) >= 11 is 0. The van der Waals surface area contributed by atoms with Crippen LogP contribution in [0.3, 0.4) is 0 Å². The van der Waals surface area contributed by atoms with E-state index in [1.54, 1.807) is 0 Å². The van der Waals surface area contributed by atoms with Gasteiger partial charge in [-0.1, -0.05) is 0 Å². The van der Waals surface area contributed by atoms with Crippen LogP contribution < -0.4 is 0 Å². The molecule has 0 radical (unpaired) electrons. The molecule has 0 aliphatic heterocycles. The van der Waals surface area contributed by atoms with Crippen LogP contribution in [0.15, 0.2) is 0 Å². The van der Waals surface area contributed by atoms with Gasteiger partial charge in [0, 0.05) is 6.42 Å². The number of hydrogen-bond donors (Lipinski definition) is 1. The minimum absolute atomic E-state index is 0. The molecule has 1 unspecified atom stereocenters. The maximum absolute atomic E-state index is 10.8. The molecule has 13 heavy (non-hydrogen) atoms. The summed E-state index contributed by atoms with van der Waals surface area (Å²) in [4.78, 5) is 21.3. The quantitative estimate of drug-likeness (QED) is 0.363. The summed E-state index contributed by atoms with van der Waals surface area (Å²) in [6.45, 7) is 0. The van der Waals surface area contributed by atoms with Crippen LogP contribution in [0.2, 0.25) is 0 Å². The standard InChI is InChI=1S/C6H11O5P.Li.H/c1-11-5(8)2-3-6(9)12(10)4-7;;/h7,12H,2-4H2,1H3;;. The molecule has 72 valence electrons. The van der Waals surface area contributed by atoms with Crippen LogP contribution >= 0.6 is 7.80 Å². The van der Waals surface area contributed by atoms with Gasteiger partial charge in [-0.3, -0.25) is 9.59 Å². The number of carbonyl (C=O) groups is 2. The van der Waals surface area contributed by atoms with E-state index in [9.17, 15) is 14.2 Å². The predicted molar refractivity (Wildman–Crippen MR) is 49.5 cm³/mol. The molecule has 5 nitrogen and oxygen atoms in total. The van der Waals surface area contributed by atoms with Crippen LogP contribution in [0.4, 0.5) is 0 Å². The molecule has 0 rings (SSSR count). The number of ether oxygens (including phenoxy) is 1. The van der Waals surface area contributed by atoms with Crippen LogP contribution in [0.5, 0.6) is 0 Å². The summed E-state index contributed by atoms with van der Waals surface area (Å²) in [7, 11) is -1.34. The molecule has 0 spiro atoms. The van der Waals surface area contributed by atoms with Gasteiger partial charge < -0.3 is 14.4 Å². The number of aliphatic hydroxyl groups excluding tert-OH is 1. The van der Waals surface area contributed by atoms with Crippen LogP contribution in [-0.4, -0.2) is 48.9 Å². The summed E-state index contributed by atoms with van der Waals surface area (Å²) in [5.74, 6) is -0.518. The van der Waals surface area contributed by atoms with E-state index in [0.29, 0.717) is 0 Å². The maximum atomic E-state index is 10.8. The van der Waals surface area contributed by atoms with Gasteiger partial charge in [0.15, 0.2) is 13.3 Å². The number of rotatable bonds is 5. The third-order valence-corrected chi connectivity index (χ3v) is 2.40. The van der Waals surface area contributed by atoms with Gasteiger partial charge in [0.1, 0.15) is 6.35 Å². The summed E-state index contributed by atoms with van der Waals surface area (Å²) in [5, 5.41) is 8.32. The van der Waals surface area contributed by atoms with Gasteiger partial charge in [-0.05, 0) is 0 Å². The summed E-state index contributed by atoms with van der Waals surface area (Å²) in [5.41, 5.74) is -0.562. The van der Waals surface area contributed by atoms with E-state index in [1.165, 1.54) is 7.11 Å². The predicted octanol–water partition coefficient (Wildman–Crippen LogP) is -0.673. The van der Waals surface area contributed by atoms with Gasteiger partial charge >= 0.3 is 24.8 Å². The second-order valence-electron chi connectivity index (χ2n) is 2.08. The molecule has 0 bridgehead atoms. The summed E-state index contributed by atoms with van der Waals surface area (Å²) < 4.78 is 14.9. The number of carbonyl (C=O) groups excluding carboxylic acids is 2. The molecule has 7 heteroatoms. The van der Waals surface area contributed by atoms with Gasteiger partial charge in [-0.25, -0.2) is 0 Å². The van der Waals surface area contributed by atoms with Gasteiger partial charge in [-0.2, -0.15) is 0 Å². The second-order valence-corrected chi connectivity index (χ2v) is 3.80. The van der Waals surface area contributed by atoms with Gasteiger partial charge in [-0.15, -0.1) is 0 Å². The molecule has 1 N–H and O–H groups in total. The summed E-state index contributed by atoms with van der Waals surface area (Å²) in [6.07, 6.45) is -0.818. The van der Waals surface area contributed by atoms with Gasteiger partial charge in [0.25, 0.3) is 0 Å². The first-order valence-corrected chi connectivity index (χ1v) is 4.97. The molecule has 1 atom stereocenters. The molecular weight excluding hydrogens is 190 g/mol. The average molecular weight is 202 g/mol. The van der Waals surface area contributed by atoms with Crippen molar-refractivity contribution in [2.45, 2.75) is 12.8 Å². The molecule has 0 aliphatic rings. The fourth-order valence-corrected chi connectivity index (χ4v) is 1.13. The number of aliphatic hydroxyl groups is 1. The Labute approximate surface area is 88.8 Å². The van der Waals surface area contributed by atoms with Crippen molar-refractivity contribution in [3.8, 4) is 0 Å². The van der Waals surface area contributed by atoms with E-state index in [-0.39, 0.29) is 31.7 Å². The molecule has 0 amide bonds. The van der Waals surface area contributed by atoms with E-state index in [4.69, 9.17) is 5.11 Å². The van der Waals surface area contributed by atoms with Crippen molar-refractivity contribution < 1.29 is 24.0 Å². The van der Waals surface area contributed by atoms with Crippen LogP contribution in [0.1, 0.15) is 12.8 Å². The zero-order valence-electron chi connectivity index (χ0n) is 6.70. The third kappa shape index (κ3) is 7.03. The molecule has 0 fully saturated rings. The zero-order chi connectivity index (χ0) is 9.56. The average Bonchev–Trinajstić information content (AvgIpc) is 2.11. The normalized spacial score (nSPS) is 11.2. The minimum atomic E-state index is -2.55. The number of hydrogen-bond acceptors (Lipinski definition) is 5. The molecule has 0 saturated carbocycles. The van der Waals surface area contributed by atoms with Gasteiger partial charge in [0.2, 0.25) is 0 Å². The van der Waals surface area contributed by atoms with E-state index in [0.717, 1.165) is 0 Å². The molecule has 0 aromatic rings. The Morgan fingerprint density at radius 3 is 2.31 bits per heavy atom. The first-order valence-electron chi connectivity index (χ1n) is 3.35. The van der Waals surface area contributed by atoms with Crippen molar-refractivity contribution in [3.05, 3.63) is 0 Å². The first kappa shape index (κ1) is 15.4. The van der Waals surface area contributed by atoms with Crippen LogP contribution in [-0.2, 0) is 18.9 Å². The van der Waals surface area contributed by atoms with Crippen molar-refractivity contribution in [1.29, 1.82) is 0 Å². The zero-order valence-corrected chi connectivity index (χ0v) is 7.70. The number of esters is 1. The second kappa shape index (κ2) is 8.52. The van der Waals surface area contributed by atoms with Crippen molar-refractivity contribution >= 4 is 38.2 Å². The van der Waals surface area contributed by atoms with E-state index >= 15 is 0 Å². The molecule has 0 aromatic heterocycles. The Balaban J connectivity index is 0. The molecule has 0 aliphatic carbocycles. The van der Waals surface area contributed by atoms with E-state index in [2.05, 4.69) is 4.74 Å². The topological polar surface area (TPSA) is 80.7 Å². The fourth-order valence-electron chi connectivity index (χ4n) is 0.545. The van der Waals surface area contributed by atoms with Crippen molar-refractivity contribution in [3.63, 3.8) is 0 Å². The Bertz CT molecular complexity index is 205. The van der Waals surface area contributed by atoms with Crippen molar-refractivity contribution in [2.75, 3.05) is 13.5 Å². The SMILES string of the molecule is COC(=O)CCC(=O)[PH](=O)CO.[LiH]. The molecule has 0 aromatic carbocycles. The van der Waals surface area contributed by atoms with E-state index in [1.807, 2.05) is 0 Å². The van der Waals surface area contributed by atoms with Crippen molar-refractivity contribution in [2.24, 2.45) is 0 Å². The third-order valence-electron chi connectivity index (χ3n) is 1.24. The van der Waals surface area contributed by atoms with E-state index < -0.39 is 25.6 Å². The number of methoxy groups -OCH3 is 1. The Kier molecular flexibility index (Phi) is 10.1. The Hall–Kier alpha value is -0.0726. The Morgan fingerprint density at radius 1 is 1.38 bits per heavy atom. The molecule has 0 heterocycles. The van der Waals surface area contributed by atoms with Crippen LogP contribution in [0, 0.1) is 0 Å². The molecule has 0 saturated heterocycles. The van der Waals surface area contributed by atoms with Gasteiger partial charge in [0.05, 0.1) is 13.5 Å². The Morgan fingerprint density at radius 2 is 1.92 bits per heavy atom. The molecular formula is C6H12LiO5P. The first-order chi connectivity index (χ1) is 5.61. The van der Waals surface area contributed by atoms with Crippen molar-refractivity contribution in [1.82, 2.24) is 0 Å².